The monoisotopic (exact) mass is 326 g/mol. The molecule has 0 bridgehead atoms. The lowest BCUT2D eigenvalue weighted by atomic mass is 9.99. The lowest BCUT2D eigenvalue weighted by Gasteiger charge is -2.36. The Balaban J connectivity index is 2.06. The molecule has 0 saturated carbocycles. The summed E-state index contributed by atoms with van der Waals surface area (Å²) in [5.41, 5.74) is 1.000. The molecule has 124 valence electrons. The highest BCUT2D eigenvalue weighted by Gasteiger charge is 2.33. The summed E-state index contributed by atoms with van der Waals surface area (Å²) >= 11 is 0. The minimum atomic E-state index is -3.33. The summed E-state index contributed by atoms with van der Waals surface area (Å²) < 4.78 is 27.8. The van der Waals surface area contributed by atoms with Gasteiger partial charge in [-0.1, -0.05) is 12.5 Å². The van der Waals surface area contributed by atoms with Gasteiger partial charge in [0, 0.05) is 39.4 Å². The molecule has 2 heterocycles. The Morgan fingerprint density at radius 1 is 1.36 bits per heavy atom. The van der Waals surface area contributed by atoms with Gasteiger partial charge in [0.15, 0.2) is 0 Å². The molecule has 0 aromatic carbocycles. The molecule has 2 rings (SSSR count). The van der Waals surface area contributed by atoms with Crippen LogP contribution in [0.25, 0.3) is 0 Å². The summed E-state index contributed by atoms with van der Waals surface area (Å²) in [6.07, 6.45) is 4.57. The van der Waals surface area contributed by atoms with Crippen LogP contribution in [-0.2, 0) is 16.6 Å². The van der Waals surface area contributed by atoms with Crippen molar-refractivity contribution in [3.05, 3.63) is 23.9 Å². The van der Waals surface area contributed by atoms with Gasteiger partial charge in [-0.15, -0.1) is 0 Å². The maximum atomic E-state index is 12.4. The Morgan fingerprint density at radius 2 is 2.14 bits per heavy atom. The third kappa shape index (κ3) is 3.97. The van der Waals surface area contributed by atoms with Crippen molar-refractivity contribution >= 4 is 16.0 Å². The number of piperidine rings is 1. The molecule has 7 heteroatoms. The van der Waals surface area contributed by atoms with Crippen LogP contribution in [0.3, 0.4) is 0 Å². The van der Waals surface area contributed by atoms with Crippen LogP contribution in [0.4, 0.5) is 5.82 Å². The molecule has 1 aliphatic heterocycles. The van der Waals surface area contributed by atoms with Crippen LogP contribution in [0, 0.1) is 0 Å². The molecule has 0 amide bonds. The molecule has 6 nitrogen and oxygen atoms in total. The molecule has 0 aliphatic carbocycles. The Morgan fingerprint density at radius 3 is 2.82 bits per heavy atom. The SMILES string of the molecule is CNc1cccc(CC[C@H]2CCCCN2S(=O)(=O)N(C)C)n1. The number of hydrogen-bond donors (Lipinski definition) is 1. The van der Waals surface area contributed by atoms with E-state index in [-0.39, 0.29) is 6.04 Å². The summed E-state index contributed by atoms with van der Waals surface area (Å²) in [5.74, 6) is 0.846. The molecule has 1 atom stereocenters. The van der Waals surface area contributed by atoms with Crippen molar-refractivity contribution < 1.29 is 8.42 Å². The van der Waals surface area contributed by atoms with E-state index in [2.05, 4.69) is 10.3 Å². The fourth-order valence-electron chi connectivity index (χ4n) is 2.85. The van der Waals surface area contributed by atoms with Crippen molar-refractivity contribution in [3.8, 4) is 0 Å². The second-order valence-electron chi connectivity index (χ2n) is 5.85. The number of pyridine rings is 1. The Kier molecular flexibility index (Phi) is 5.77. The number of aryl methyl sites for hydroxylation is 1. The summed E-state index contributed by atoms with van der Waals surface area (Å²) in [5, 5.41) is 3.03. The maximum absolute atomic E-state index is 12.4. The Bertz CT molecular complexity index is 589. The van der Waals surface area contributed by atoms with E-state index >= 15 is 0 Å². The second kappa shape index (κ2) is 7.39. The summed E-state index contributed by atoms with van der Waals surface area (Å²) in [7, 11) is 1.71. The molecular weight excluding hydrogens is 300 g/mol. The first kappa shape index (κ1) is 17.2. The third-order valence-electron chi connectivity index (χ3n) is 4.13. The highest BCUT2D eigenvalue weighted by atomic mass is 32.2. The van der Waals surface area contributed by atoms with Crippen LogP contribution in [0.15, 0.2) is 18.2 Å². The maximum Gasteiger partial charge on any atom is 0.281 e. The molecule has 1 saturated heterocycles. The van der Waals surface area contributed by atoms with Crippen molar-refractivity contribution in [3.63, 3.8) is 0 Å². The average Bonchev–Trinajstić information content (AvgIpc) is 2.53. The largest absolute Gasteiger partial charge is 0.373 e. The van der Waals surface area contributed by atoms with Gasteiger partial charge in [-0.3, -0.25) is 0 Å². The molecule has 1 N–H and O–H groups in total. The molecule has 0 radical (unpaired) electrons. The van der Waals surface area contributed by atoms with Gasteiger partial charge in [0.2, 0.25) is 0 Å². The van der Waals surface area contributed by atoms with E-state index < -0.39 is 10.2 Å². The predicted octanol–water partition coefficient (Wildman–Crippen LogP) is 1.72. The van der Waals surface area contributed by atoms with Crippen LogP contribution >= 0.6 is 0 Å². The normalized spacial score (nSPS) is 20.3. The highest BCUT2D eigenvalue weighted by Crippen LogP contribution is 2.25. The number of nitrogens with zero attached hydrogens (tertiary/aromatic N) is 3. The van der Waals surface area contributed by atoms with Gasteiger partial charge in [-0.25, -0.2) is 4.98 Å². The first-order valence-electron chi connectivity index (χ1n) is 7.78. The molecule has 1 fully saturated rings. The zero-order valence-electron chi connectivity index (χ0n) is 13.6. The number of hydrogen-bond acceptors (Lipinski definition) is 4. The Hall–Kier alpha value is -1.18. The second-order valence-corrected chi connectivity index (χ2v) is 7.95. The van der Waals surface area contributed by atoms with Gasteiger partial charge in [0.1, 0.15) is 5.82 Å². The quantitative estimate of drug-likeness (QED) is 0.864. The molecule has 1 aromatic heterocycles. The van der Waals surface area contributed by atoms with E-state index in [1.807, 2.05) is 25.2 Å². The standard InChI is InChI=1S/C15H26N4O2S/c1-16-15-9-6-7-13(17-15)10-11-14-8-4-5-12-19(14)22(20,21)18(2)3/h6-7,9,14H,4-5,8,10-12H2,1-3H3,(H,16,17)/t14-/m1/s1. The molecule has 0 spiro atoms. The number of rotatable bonds is 6. The van der Waals surface area contributed by atoms with Crippen molar-refractivity contribution in [2.45, 2.75) is 38.1 Å². The van der Waals surface area contributed by atoms with E-state index in [1.54, 1.807) is 18.4 Å². The summed E-state index contributed by atoms with van der Waals surface area (Å²) in [4.78, 5) is 4.51. The van der Waals surface area contributed by atoms with Crippen LogP contribution in [-0.4, -0.2) is 55.7 Å². The minimum Gasteiger partial charge on any atom is -0.373 e. The zero-order valence-corrected chi connectivity index (χ0v) is 14.4. The molecular formula is C15H26N4O2S. The van der Waals surface area contributed by atoms with E-state index in [1.165, 1.54) is 4.31 Å². The molecule has 1 aliphatic rings. The van der Waals surface area contributed by atoms with Crippen LogP contribution in [0.1, 0.15) is 31.4 Å². The van der Waals surface area contributed by atoms with Crippen molar-refractivity contribution in [2.75, 3.05) is 33.0 Å². The van der Waals surface area contributed by atoms with Crippen molar-refractivity contribution in [1.29, 1.82) is 0 Å². The van der Waals surface area contributed by atoms with E-state index in [9.17, 15) is 8.42 Å². The van der Waals surface area contributed by atoms with Gasteiger partial charge in [-0.05, 0) is 37.8 Å². The van der Waals surface area contributed by atoms with Gasteiger partial charge in [0.25, 0.3) is 10.2 Å². The summed E-state index contributed by atoms with van der Waals surface area (Å²) in [6, 6.07) is 5.96. The first-order valence-corrected chi connectivity index (χ1v) is 9.18. The first-order chi connectivity index (χ1) is 10.4. The Labute approximate surface area is 133 Å². The van der Waals surface area contributed by atoms with E-state index in [4.69, 9.17) is 0 Å². The van der Waals surface area contributed by atoms with E-state index in [0.29, 0.717) is 6.54 Å². The third-order valence-corrected chi connectivity index (χ3v) is 6.12. The van der Waals surface area contributed by atoms with Crippen LogP contribution in [0.2, 0.25) is 0 Å². The average molecular weight is 326 g/mol. The minimum absolute atomic E-state index is 0.0705. The fourth-order valence-corrected chi connectivity index (χ4v) is 4.22. The van der Waals surface area contributed by atoms with E-state index in [0.717, 1.165) is 43.6 Å². The van der Waals surface area contributed by atoms with Crippen LogP contribution in [0.5, 0.6) is 0 Å². The van der Waals surface area contributed by atoms with Crippen molar-refractivity contribution in [1.82, 2.24) is 13.6 Å². The fraction of sp³-hybridized carbons (Fsp3) is 0.667. The molecule has 0 unspecified atom stereocenters. The van der Waals surface area contributed by atoms with Crippen LogP contribution < -0.4 is 5.32 Å². The lowest BCUT2D eigenvalue weighted by molar-refractivity contribution is 0.229. The van der Waals surface area contributed by atoms with Crippen molar-refractivity contribution in [2.24, 2.45) is 0 Å². The number of anilines is 1. The van der Waals surface area contributed by atoms with Gasteiger partial charge in [0.05, 0.1) is 0 Å². The molecule has 22 heavy (non-hydrogen) atoms. The number of nitrogens with one attached hydrogen (secondary N) is 1. The van der Waals surface area contributed by atoms with Gasteiger partial charge in [-0.2, -0.15) is 17.0 Å². The van der Waals surface area contributed by atoms with Gasteiger partial charge < -0.3 is 5.32 Å². The number of aromatic nitrogens is 1. The zero-order chi connectivity index (χ0) is 16.2. The lowest BCUT2D eigenvalue weighted by Crippen LogP contribution is -2.48. The smallest absolute Gasteiger partial charge is 0.281 e. The summed E-state index contributed by atoms with van der Waals surface area (Å²) in [6.45, 7) is 0.620. The topological polar surface area (TPSA) is 65.5 Å². The van der Waals surface area contributed by atoms with Gasteiger partial charge >= 0.3 is 0 Å². The molecule has 1 aromatic rings. The highest BCUT2D eigenvalue weighted by molar-refractivity contribution is 7.86. The predicted molar refractivity (Wildman–Crippen MR) is 89.1 cm³/mol.